The highest BCUT2D eigenvalue weighted by Gasteiger charge is 2.55. The van der Waals surface area contributed by atoms with E-state index in [0.29, 0.717) is 23.6 Å². The van der Waals surface area contributed by atoms with Crippen molar-refractivity contribution in [2.75, 3.05) is 13.1 Å². The number of nitrogens with zero attached hydrogens (tertiary/aromatic N) is 1. The van der Waals surface area contributed by atoms with E-state index < -0.39 is 4.33 Å². The molecule has 4 atom stereocenters. The summed E-state index contributed by atoms with van der Waals surface area (Å²) < 4.78 is -0.484. The minimum Gasteiger partial charge on any atom is -0.508 e. The zero-order valence-corrected chi connectivity index (χ0v) is 14.7. The molecule has 22 heavy (non-hydrogen) atoms. The second kappa shape index (κ2) is 4.78. The Kier molecular flexibility index (Phi) is 3.28. The molecule has 1 aromatic carbocycles. The first-order chi connectivity index (χ1) is 10.3. The van der Waals surface area contributed by atoms with E-state index >= 15 is 0 Å². The van der Waals surface area contributed by atoms with E-state index in [1.54, 1.807) is 0 Å². The average molecular weight is 340 g/mol. The Balaban J connectivity index is 1.64. The predicted molar refractivity (Wildman–Crippen MR) is 90.8 cm³/mol. The third-order valence-electron chi connectivity index (χ3n) is 6.52. The van der Waals surface area contributed by atoms with Crippen molar-refractivity contribution in [2.24, 2.45) is 11.8 Å². The topological polar surface area (TPSA) is 23.5 Å². The number of likely N-dealkylation sites (tertiary alicyclic amines) is 1. The lowest BCUT2D eigenvalue weighted by Gasteiger charge is -2.54. The molecule has 2 aliphatic carbocycles. The summed E-state index contributed by atoms with van der Waals surface area (Å²) in [6.45, 7) is 6.85. The summed E-state index contributed by atoms with van der Waals surface area (Å²) in [5.74, 6) is 1.39. The van der Waals surface area contributed by atoms with Gasteiger partial charge in [0.1, 0.15) is 10.1 Å². The summed E-state index contributed by atoms with van der Waals surface area (Å²) in [7, 11) is 0. The monoisotopic (exact) mass is 339 g/mol. The van der Waals surface area contributed by atoms with Crippen molar-refractivity contribution >= 4 is 23.2 Å². The van der Waals surface area contributed by atoms with Gasteiger partial charge in [0.15, 0.2) is 0 Å². The molecule has 1 aromatic rings. The zero-order valence-electron chi connectivity index (χ0n) is 13.1. The number of rotatable bonds is 2. The first-order valence-corrected chi connectivity index (χ1v) is 9.01. The lowest BCUT2D eigenvalue weighted by Crippen LogP contribution is -2.58. The molecule has 0 spiro atoms. The Morgan fingerprint density at radius 2 is 2.09 bits per heavy atom. The van der Waals surface area contributed by atoms with Gasteiger partial charge in [0.2, 0.25) is 0 Å². The number of hydrogen-bond donors (Lipinski definition) is 1. The average Bonchev–Trinajstić information content (AvgIpc) is 3.05. The highest BCUT2D eigenvalue weighted by Crippen LogP contribution is 2.55. The van der Waals surface area contributed by atoms with Gasteiger partial charge in [-0.1, -0.05) is 19.9 Å². The molecule has 120 valence electrons. The molecule has 3 aliphatic rings. The van der Waals surface area contributed by atoms with Crippen LogP contribution in [0, 0.1) is 11.8 Å². The number of piperidine rings is 1. The lowest BCUT2D eigenvalue weighted by molar-refractivity contribution is 0.0281. The summed E-state index contributed by atoms with van der Waals surface area (Å²) in [6.07, 6.45) is 3.12. The third kappa shape index (κ3) is 2.18. The molecule has 4 rings (SSSR count). The minimum atomic E-state index is -0.484. The Labute approximate surface area is 142 Å². The highest BCUT2D eigenvalue weighted by molar-refractivity contribution is 6.50. The molecule has 0 amide bonds. The summed E-state index contributed by atoms with van der Waals surface area (Å²) in [6, 6.07) is 6.47. The van der Waals surface area contributed by atoms with E-state index in [1.807, 2.05) is 12.1 Å². The maximum absolute atomic E-state index is 9.88. The van der Waals surface area contributed by atoms with Crippen LogP contribution < -0.4 is 0 Å². The molecule has 1 saturated carbocycles. The number of halogens is 2. The van der Waals surface area contributed by atoms with E-state index in [2.05, 4.69) is 24.8 Å². The van der Waals surface area contributed by atoms with Crippen molar-refractivity contribution in [1.29, 1.82) is 0 Å². The third-order valence-corrected chi connectivity index (χ3v) is 7.44. The predicted octanol–water partition coefficient (Wildman–Crippen LogP) is 4.11. The van der Waals surface area contributed by atoms with Gasteiger partial charge in [-0.25, -0.2) is 0 Å². The van der Waals surface area contributed by atoms with Crippen molar-refractivity contribution in [3.63, 3.8) is 0 Å². The Hall–Kier alpha value is -0.440. The molecular formula is C18H23Cl2NO. The van der Waals surface area contributed by atoms with Crippen molar-refractivity contribution in [3.05, 3.63) is 29.3 Å². The fourth-order valence-electron chi connectivity index (χ4n) is 4.67. The summed E-state index contributed by atoms with van der Waals surface area (Å²) in [4.78, 5) is 2.61. The van der Waals surface area contributed by atoms with E-state index in [1.165, 1.54) is 11.1 Å². The van der Waals surface area contributed by atoms with Crippen LogP contribution in [0.2, 0.25) is 0 Å². The highest BCUT2D eigenvalue weighted by atomic mass is 35.5. The van der Waals surface area contributed by atoms with Crippen LogP contribution in [0.1, 0.15) is 37.8 Å². The number of fused-ring (bicyclic) bond motifs is 4. The molecule has 1 saturated heterocycles. The molecule has 4 heteroatoms. The van der Waals surface area contributed by atoms with Gasteiger partial charge in [0.05, 0.1) is 0 Å². The van der Waals surface area contributed by atoms with Gasteiger partial charge in [0, 0.05) is 18.5 Å². The number of aromatic hydroxyl groups is 1. The maximum atomic E-state index is 9.88. The first kappa shape index (κ1) is 15.1. The minimum absolute atomic E-state index is 0.163. The first-order valence-electron chi connectivity index (χ1n) is 8.25. The molecule has 2 fully saturated rings. The smallest absolute Gasteiger partial charge is 0.122 e. The van der Waals surface area contributed by atoms with Gasteiger partial charge in [-0.2, -0.15) is 0 Å². The largest absolute Gasteiger partial charge is 0.508 e. The maximum Gasteiger partial charge on any atom is 0.122 e. The molecule has 1 heterocycles. The second-order valence-electron chi connectivity index (χ2n) is 7.73. The van der Waals surface area contributed by atoms with Crippen LogP contribution in [-0.4, -0.2) is 33.5 Å². The fraction of sp³-hybridized carbons (Fsp3) is 0.667. The molecule has 1 unspecified atom stereocenters. The molecule has 1 N–H and O–H groups in total. The van der Waals surface area contributed by atoms with E-state index in [-0.39, 0.29) is 5.41 Å². The number of phenols is 1. The summed E-state index contributed by atoms with van der Waals surface area (Å²) >= 11 is 12.5. The SMILES string of the molecule is C[C@@H]1[C@H]2Cc3ccc(O)cc3[C@]1(C)CCN2CC1CC1(Cl)Cl. The van der Waals surface area contributed by atoms with E-state index in [4.69, 9.17) is 23.2 Å². The van der Waals surface area contributed by atoms with Crippen molar-refractivity contribution in [2.45, 2.75) is 48.9 Å². The van der Waals surface area contributed by atoms with Crippen molar-refractivity contribution in [1.82, 2.24) is 4.90 Å². The molecular weight excluding hydrogens is 317 g/mol. The van der Waals surface area contributed by atoms with Gasteiger partial charge in [0.25, 0.3) is 0 Å². The van der Waals surface area contributed by atoms with Crippen molar-refractivity contribution < 1.29 is 5.11 Å². The van der Waals surface area contributed by atoms with Gasteiger partial charge in [-0.15, -0.1) is 23.2 Å². The van der Waals surface area contributed by atoms with E-state index in [0.717, 1.165) is 32.4 Å². The fourth-order valence-corrected chi connectivity index (χ4v) is 5.18. The molecule has 0 aromatic heterocycles. The van der Waals surface area contributed by atoms with Gasteiger partial charge in [-0.05, 0) is 60.4 Å². The number of hydrogen-bond acceptors (Lipinski definition) is 2. The number of alkyl halides is 2. The number of phenolic OH excluding ortho intramolecular Hbond substituents is 1. The number of benzene rings is 1. The van der Waals surface area contributed by atoms with Crippen LogP contribution in [-0.2, 0) is 11.8 Å². The van der Waals surface area contributed by atoms with Gasteiger partial charge < -0.3 is 5.11 Å². The second-order valence-corrected chi connectivity index (χ2v) is 9.27. The normalized spacial score (nSPS) is 39.4. The van der Waals surface area contributed by atoms with Crippen LogP contribution in [0.3, 0.4) is 0 Å². The standard InChI is InChI=1S/C18H23Cl2NO/c1-11-16-7-12-3-4-14(22)8-15(12)17(11,2)5-6-21(16)10-13-9-18(13,19)20/h3-4,8,11,13,16,22H,5-7,9-10H2,1-2H3/t11-,13?,16-,17-/m1/s1. The summed E-state index contributed by atoms with van der Waals surface area (Å²) in [5.41, 5.74) is 2.91. The van der Waals surface area contributed by atoms with Crippen LogP contribution in [0.5, 0.6) is 5.75 Å². The Morgan fingerprint density at radius 1 is 1.36 bits per heavy atom. The Morgan fingerprint density at radius 3 is 2.77 bits per heavy atom. The van der Waals surface area contributed by atoms with Gasteiger partial charge in [-0.3, -0.25) is 4.90 Å². The molecule has 1 aliphatic heterocycles. The zero-order chi connectivity index (χ0) is 15.7. The molecule has 2 bridgehead atoms. The van der Waals surface area contributed by atoms with Crippen molar-refractivity contribution in [3.8, 4) is 5.75 Å². The van der Waals surface area contributed by atoms with Gasteiger partial charge >= 0.3 is 0 Å². The van der Waals surface area contributed by atoms with Crippen LogP contribution in [0.4, 0.5) is 0 Å². The van der Waals surface area contributed by atoms with Crippen LogP contribution >= 0.6 is 23.2 Å². The Bertz CT molecular complexity index is 617. The van der Waals surface area contributed by atoms with E-state index in [9.17, 15) is 5.11 Å². The van der Waals surface area contributed by atoms with Crippen LogP contribution in [0.25, 0.3) is 0 Å². The lowest BCUT2D eigenvalue weighted by atomic mass is 9.59. The van der Waals surface area contributed by atoms with Crippen LogP contribution in [0.15, 0.2) is 18.2 Å². The summed E-state index contributed by atoms with van der Waals surface area (Å²) in [5, 5.41) is 9.88. The quantitative estimate of drug-likeness (QED) is 0.819. The molecule has 0 radical (unpaired) electrons. The molecule has 2 nitrogen and oxygen atoms in total.